The molecule has 0 atom stereocenters. The lowest BCUT2D eigenvalue weighted by atomic mass is 10.2. The maximum atomic E-state index is 12.0. The first kappa shape index (κ1) is 15.4. The van der Waals surface area contributed by atoms with Gasteiger partial charge in [0, 0.05) is 25.2 Å². The molecule has 0 spiro atoms. The predicted molar refractivity (Wildman–Crippen MR) is 89.0 cm³/mol. The minimum absolute atomic E-state index is 0.0301. The maximum absolute atomic E-state index is 12.0. The number of halogens is 1. The van der Waals surface area contributed by atoms with Crippen LogP contribution in [0, 0.1) is 0 Å². The summed E-state index contributed by atoms with van der Waals surface area (Å²) in [6.45, 7) is 3.62. The van der Waals surface area contributed by atoms with Gasteiger partial charge in [0.1, 0.15) is 0 Å². The fraction of sp³-hybridized carbons (Fsp3) is 0.235. The topological polar surface area (TPSA) is 32.3 Å². The molecule has 21 heavy (non-hydrogen) atoms. The van der Waals surface area contributed by atoms with Gasteiger partial charge in [-0.1, -0.05) is 41.9 Å². The largest absolute Gasteiger partial charge is 0.371 e. The molecule has 3 nitrogen and oxygen atoms in total. The van der Waals surface area contributed by atoms with Crippen molar-refractivity contribution < 1.29 is 4.79 Å². The van der Waals surface area contributed by atoms with E-state index in [0.717, 1.165) is 12.2 Å². The van der Waals surface area contributed by atoms with Crippen molar-refractivity contribution in [2.45, 2.75) is 13.3 Å². The van der Waals surface area contributed by atoms with Crippen LogP contribution in [-0.2, 0) is 4.79 Å². The van der Waals surface area contributed by atoms with Crippen molar-refractivity contribution in [2.75, 3.05) is 23.3 Å². The Morgan fingerprint density at radius 1 is 1.10 bits per heavy atom. The van der Waals surface area contributed by atoms with Crippen LogP contribution >= 0.6 is 11.6 Å². The highest BCUT2D eigenvalue weighted by atomic mass is 35.5. The Balaban J connectivity index is 1.90. The maximum Gasteiger partial charge on any atom is 0.226 e. The number of benzene rings is 2. The third-order valence-electron chi connectivity index (χ3n) is 3.26. The Labute approximate surface area is 130 Å². The van der Waals surface area contributed by atoms with E-state index >= 15 is 0 Å². The van der Waals surface area contributed by atoms with Crippen molar-refractivity contribution in [1.29, 1.82) is 0 Å². The molecule has 0 aliphatic carbocycles. The van der Waals surface area contributed by atoms with Crippen molar-refractivity contribution in [3.63, 3.8) is 0 Å². The quantitative estimate of drug-likeness (QED) is 0.867. The van der Waals surface area contributed by atoms with Gasteiger partial charge in [-0.25, -0.2) is 0 Å². The van der Waals surface area contributed by atoms with Crippen LogP contribution < -0.4 is 10.2 Å². The molecule has 0 aliphatic rings. The molecule has 4 heteroatoms. The molecule has 110 valence electrons. The Hall–Kier alpha value is -2.00. The SMILES string of the molecule is CCN(CCC(=O)Nc1ccccc1Cl)c1ccccc1. The van der Waals surface area contributed by atoms with Crippen molar-refractivity contribution in [1.82, 2.24) is 0 Å². The van der Waals surface area contributed by atoms with Crippen molar-refractivity contribution in [3.05, 3.63) is 59.6 Å². The van der Waals surface area contributed by atoms with Gasteiger partial charge in [0.05, 0.1) is 10.7 Å². The Bertz CT molecular complexity index is 586. The fourth-order valence-electron chi connectivity index (χ4n) is 2.12. The number of rotatable bonds is 6. The minimum Gasteiger partial charge on any atom is -0.371 e. The zero-order valence-electron chi connectivity index (χ0n) is 12.1. The zero-order chi connectivity index (χ0) is 15.1. The molecule has 2 rings (SSSR count). The molecule has 2 aromatic carbocycles. The third kappa shape index (κ3) is 4.50. The van der Waals surface area contributed by atoms with Crippen LogP contribution in [0.4, 0.5) is 11.4 Å². The van der Waals surface area contributed by atoms with Gasteiger partial charge in [-0.15, -0.1) is 0 Å². The van der Waals surface area contributed by atoms with Gasteiger partial charge in [-0.3, -0.25) is 4.79 Å². The standard InChI is InChI=1S/C17H19ClN2O/c1-2-20(14-8-4-3-5-9-14)13-12-17(21)19-16-11-7-6-10-15(16)18/h3-11H,2,12-13H2,1H3,(H,19,21). The van der Waals surface area contributed by atoms with Gasteiger partial charge >= 0.3 is 0 Å². The average Bonchev–Trinajstić information content (AvgIpc) is 2.51. The lowest BCUT2D eigenvalue weighted by molar-refractivity contribution is -0.116. The molecular weight excluding hydrogens is 284 g/mol. The number of hydrogen-bond donors (Lipinski definition) is 1. The van der Waals surface area contributed by atoms with E-state index in [1.165, 1.54) is 0 Å². The Morgan fingerprint density at radius 2 is 1.76 bits per heavy atom. The van der Waals surface area contributed by atoms with Crippen LogP contribution in [0.5, 0.6) is 0 Å². The molecule has 0 radical (unpaired) electrons. The molecule has 0 aliphatic heterocycles. The lowest BCUT2D eigenvalue weighted by Gasteiger charge is -2.22. The van der Waals surface area contributed by atoms with E-state index in [9.17, 15) is 4.79 Å². The fourth-order valence-corrected chi connectivity index (χ4v) is 2.30. The van der Waals surface area contributed by atoms with E-state index < -0.39 is 0 Å². The highest BCUT2D eigenvalue weighted by molar-refractivity contribution is 6.33. The number of anilines is 2. The summed E-state index contributed by atoms with van der Waals surface area (Å²) in [5, 5.41) is 3.40. The van der Waals surface area contributed by atoms with Crippen LogP contribution in [0.25, 0.3) is 0 Å². The number of nitrogens with zero attached hydrogens (tertiary/aromatic N) is 1. The zero-order valence-corrected chi connectivity index (χ0v) is 12.8. The highest BCUT2D eigenvalue weighted by Gasteiger charge is 2.09. The average molecular weight is 303 g/mol. The lowest BCUT2D eigenvalue weighted by Crippen LogP contribution is -2.27. The number of hydrogen-bond acceptors (Lipinski definition) is 2. The number of carbonyl (C=O) groups is 1. The van der Waals surface area contributed by atoms with Crippen molar-refractivity contribution in [2.24, 2.45) is 0 Å². The molecule has 0 saturated heterocycles. The van der Waals surface area contributed by atoms with E-state index in [2.05, 4.69) is 29.3 Å². The van der Waals surface area contributed by atoms with Crippen molar-refractivity contribution in [3.8, 4) is 0 Å². The number of para-hydroxylation sites is 2. The second kappa shape index (κ2) is 7.70. The molecule has 2 aromatic rings. The summed E-state index contributed by atoms with van der Waals surface area (Å²) >= 11 is 6.03. The highest BCUT2D eigenvalue weighted by Crippen LogP contribution is 2.20. The summed E-state index contributed by atoms with van der Waals surface area (Å²) in [6, 6.07) is 17.3. The summed E-state index contributed by atoms with van der Waals surface area (Å²) in [5.74, 6) is -0.0301. The minimum atomic E-state index is -0.0301. The Kier molecular flexibility index (Phi) is 5.64. The molecule has 0 unspecified atom stereocenters. The molecule has 0 aromatic heterocycles. The summed E-state index contributed by atoms with van der Waals surface area (Å²) in [5.41, 5.74) is 1.79. The first-order valence-electron chi connectivity index (χ1n) is 7.05. The number of carbonyl (C=O) groups excluding carboxylic acids is 1. The summed E-state index contributed by atoms with van der Waals surface area (Å²) in [6.07, 6.45) is 0.425. The van der Waals surface area contributed by atoms with Crippen LogP contribution in [0.1, 0.15) is 13.3 Å². The monoisotopic (exact) mass is 302 g/mol. The van der Waals surface area contributed by atoms with Crippen LogP contribution in [-0.4, -0.2) is 19.0 Å². The molecule has 0 saturated carbocycles. The van der Waals surface area contributed by atoms with Crippen LogP contribution in [0.3, 0.4) is 0 Å². The molecular formula is C17H19ClN2O. The van der Waals surface area contributed by atoms with Crippen LogP contribution in [0.15, 0.2) is 54.6 Å². The molecule has 1 amide bonds. The molecule has 0 fully saturated rings. The number of nitrogens with one attached hydrogen (secondary N) is 1. The summed E-state index contributed by atoms with van der Waals surface area (Å²) in [7, 11) is 0. The van der Waals surface area contributed by atoms with E-state index in [1.54, 1.807) is 12.1 Å². The van der Waals surface area contributed by atoms with E-state index in [1.807, 2.05) is 30.3 Å². The van der Waals surface area contributed by atoms with Gasteiger partial charge < -0.3 is 10.2 Å². The summed E-state index contributed by atoms with van der Waals surface area (Å²) in [4.78, 5) is 14.2. The van der Waals surface area contributed by atoms with E-state index in [4.69, 9.17) is 11.6 Å². The second-order valence-electron chi connectivity index (χ2n) is 4.69. The molecule has 1 N–H and O–H groups in total. The van der Waals surface area contributed by atoms with E-state index in [0.29, 0.717) is 23.7 Å². The van der Waals surface area contributed by atoms with Gasteiger partial charge in [0.25, 0.3) is 0 Å². The normalized spacial score (nSPS) is 10.2. The van der Waals surface area contributed by atoms with Gasteiger partial charge in [0.2, 0.25) is 5.91 Å². The summed E-state index contributed by atoms with van der Waals surface area (Å²) < 4.78 is 0. The first-order chi connectivity index (χ1) is 10.2. The smallest absolute Gasteiger partial charge is 0.226 e. The van der Waals surface area contributed by atoms with Gasteiger partial charge in [-0.05, 0) is 31.2 Å². The third-order valence-corrected chi connectivity index (χ3v) is 3.59. The predicted octanol–water partition coefficient (Wildman–Crippen LogP) is 4.20. The second-order valence-corrected chi connectivity index (χ2v) is 5.10. The van der Waals surface area contributed by atoms with Gasteiger partial charge in [0.15, 0.2) is 0 Å². The van der Waals surface area contributed by atoms with E-state index in [-0.39, 0.29) is 5.91 Å². The number of amides is 1. The van der Waals surface area contributed by atoms with Crippen molar-refractivity contribution >= 4 is 28.9 Å². The Morgan fingerprint density at radius 3 is 2.43 bits per heavy atom. The van der Waals surface area contributed by atoms with Crippen LogP contribution in [0.2, 0.25) is 5.02 Å². The molecule has 0 heterocycles. The first-order valence-corrected chi connectivity index (χ1v) is 7.43. The van der Waals surface area contributed by atoms with Gasteiger partial charge in [-0.2, -0.15) is 0 Å². The molecule has 0 bridgehead atoms.